The Balaban J connectivity index is 1.49. The van der Waals surface area contributed by atoms with E-state index in [0.29, 0.717) is 42.5 Å². The summed E-state index contributed by atoms with van der Waals surface area (Å²) in [6.07, 6.45) is 3.06. The number of carbonyl (C=O) groups excluding carboxylic acids is 1. The van der Waals surface area contributed by atoms with Gasteiger partial charge in [-0.15, -0.1) is 5.10 Å². The van der Waals surface area contributed by atoms with Crippen LogP contribution in [0.2, 0.25) is 0 Å². The SMILES string of the molecule is COc1cc(F)ccc1CN1CCN(c2ncc(C#N)cc2NC(=O)c2cn(C)nc2OC)CC1. The minimum atomic E-state index is -0.407. The second-order valence-electron chi connectivity index (χ2n) is 8.11. The summed E-state index contributed by atoms with van der Waals surface area (Å²) in [6.45, 7) is 3.39. The van der Waals surface area contributed by atoms with E-state index in [1.165, 1.54) is 37.2 Å². The molecule has 1 N–H and O–H groups in total. The van der Waals surface area contributed by atoms with Gasteiger partial charge in [0.25, 0.3) is 5.91 Å². The highest BCUT2D eigenvalue weighted by atomic mass is 19.1. The van der Waals surface area contributed by atoms with Gasteiger partial charge in [-0.3, -0.25) is 14.4 Å². The molecule has 1 aromatic carbocycles. The molecule has 0 unspecified atom stereocenters. The maximum atomic E-state index is 13.5. The van der Waals surface area contributed by atoms with Crippen molar-refractivity contribution in [2.75, 3.05) is 50.6 Å². The number of nitriles is 1. The molecular weight excluding hydrogens is 453 g/mol. The molecule has 1 amide bonds. The molecule has 3 aromatic rings. The molecular formula is C24H26FN7O3. The number of piperazine rings is 1. The molecule has 0 spiro atoms. The number of hydrogen-bond acceptors (Lipinski definition) is 8. The molecule has 1 saturated heterocycles. The topological polar surface area (TPSA) is 109 Å². The maximum Gasteiger partial charge on any atom is 0.262 e. The second kappa shape index (κ2) is 10.4. The van der Waals surface area contributed by atoms with Gasteiger partial charge in [0.15, 0.2) is 5.82 Å². The largest absolute Gasteiger partial charge is 0.496 e. The third kappa shape index (κ3) is 5.33. The number of pyridine rings is 1. The fourth-order valence-corrected chi connectivity index (χ4v) is 4.03. The summed E-state index contributed by atoms with van der Waals surface area (Å²) in [5.41, 5.74) is 1.97. The summed E-state index contributed by atoms with van der Waals surface area (Å²) in [5, 5.41) is 16.3. The zero-order valence-corrected chi connectivity index (χ0v) is 19.8. The zero-order chi connectivity index (χ0) is 24.9. The Kier molecular flexibility index (Phi) is 7.12. The molecule has 2 aromatic heterocycles. The van der Waals surface area contributed by atoms with Crippen LogP contribution < -0.4 is 19.7 Å². The number of anilines is 2. The lowest BCUT2D eigenvalue weighted by atomic mass is 10.1. The van der Waals surface area contributed by atoms with Crippen molar-refractivity contribution in [1.82, 2.24) is 19.7 Å². The number of aryl methyl sites for hydroxylation is 1. The smallest absolute Gasteiger partial charge is 0.262 e. The van der Waals surface area contributed by atoms with Gasteiger partial charge in [-0.2, -0.15) is 5.26 Å². The van der Waals surface area contributed by atoms with E-state index in [9.17, 15) is 14.4 Å². The molecule has 3 heterocycles. The first-order valence-electron chi connectivity index (χ1n) is 11.0. The molecule has 11 heteroatoms. The van der Waals surface area contributed by atoms with E-state index in [1.54, 1.807) is 25.4 Å². The molecule has 10 nitrogen and oxygen atoms in total. The number of ether oxygens (including phenoxy) is 2. The van der Waals surface area contributed by atoms with E-state index in [2.05, 4.69) is 31.3 Å². The van der Waals surface area contributed by atoms with Crippen molar-refractivity contribution >= 4 is 17.4 Å². The Morgan fingerprint density at radius 1 is 1.20 bits per heavy atom. The van der Waals surface area contributed by atoms with Crippen molar-refractivity contribution in [3.63, 3.8) is 0 Å². The van der Waals surface area contributed by atoms with Gasteiger partial charge in [-0.1, -0.05) is 6.07 Å². The first-order valence-corrected chi connectivity index (χ1v) is 11.0. The molecule has 182 valence electrons. The number of benzene rings is 1. The summed E-state index contributed by atoms with van der Waals surface area (Å²) < 4.78 is 25.5. The number of halogens is 1. The van der Waals surface area contributed by atoms with Crippen LogP contribution in [0.4, 0.5) is 15.9 Å². The third-order valence-electron chi connectivity index (χ3n) is 5.79. The van der Waals surface area contributed by atoms with Gasteiger partial charge in [-0.25, -0.2) is 9.37 Å². The van der Waals surface area contributed by atoms with Gasteiger partial charge in [0.05, 0.1) is 25.5 Å². The van der Waals surface area contributed by atoms with Crippen LogP contribution in [0.15, 0.2) is 36.7 Å². The Hall–Kier alpha value is -4.17. The van der Waals surface area contributed by atoms with Crippen LogP contribution in [0.1, 0.15) is 21.5 Å². The van der Waals surface area contributed by atoms with E-state index in [-0.39, 0.29) is 17.3 Å². The van der Waals surface area contributed by atoms with Crippen LogP contribution in [0.25, 0.3) is 0 Å². The number of hydrogen-bond donors (Lipinski definition) is 1. The number of amides is 1. The van der Waals surface area contributed by atoms with Crippen LogP contribution in [-0.2, 0) is 13.6 Å². The van der Waals surface area contributed by atoms with Gasteiger partial charge < -0.3 is 19.7 Å². The summed E-state index contributed by atoms with van der Waals surface area (Å²) in [7, 11) is 4.68. The minimum absolute atomic E-state index is 0.209. The average molecular weight is 480 g/mol. The Morgan fingerprint density at radius 3 is 2.66 bits per heavy atom. The summed E-state index contributed by atoms with van der Waals surface area (Å²) in [5.74, 6) is 0.577. The van der Waals surface area contributed by atoms with E-state index in [0.717, 1.165) is 18.7 Å². The van der Waals surface area contributed by atoms with Gasteiger partial charge in [0, 0.05) is 63.8 Å². The molecule has 1 aliphatic rings. The van der Waals surface area contributed by atoms with Gasteiger partial charge in [-0.05, 0) is 12.1 Å². The van der Waals surface area contributed by atoms with Crippen molar-refractivity contribution in [3.8, 4) is 17.7 Å². The molecule has 0 atom stereocenters. The van der Waals surface area contributed by atoms with Crippen molar-refractivity contribution in [2.45, 2.75) is 6.54 Å². The van der Waals surface area contributed by atoms with E-state index >= 15 is 0 Å². The lowest BCUT2D eigenvalue weighted by Crippen LogP contribution is -2.46. The number of methoxy groups -OCH3 is 2. The average Bonchev–Trinajstić information content (AvgIpc) is 3.26. The number of nitrogens with one attached hydrogen (secondary N) is 1. The first-order chi connectivity index (χ1) is 16.9. The number of nitrogens with zero attached hydrogens (tertiary/aromatic N) is 6. The maximum absolute atomic E-state index is 13.5. The Bertz CT molecular complexity index is 1260. The molecule has 1 aliphatic heterocycles. The molecule has 0 bridgehead atoms. The number of carbonyl (C=O) groups is 1. The van der Waals surface area contributed by atoms with Crippen LogP contribution in [-0.4, -0.2) is 66.0 Å². The van der Waals surface area contributed by atoms with Crippen molar-refractivity contribution < 1.29 is 18.7 Å². The van der Waals surface area contributed by atoms with Crippen molar-refractivity contribution in [1.29, 1.82) is 5.26 Å². The normalized spacial score (nSPS) is 13.9. The second-order valence-corrected chi connectivity index (χ2v) is 8.11. The van der Waals surface area contributed by atoms with Gasteiger partial charge in [0.1, 0.15) is 23.2 Å². The van der Waals surface area contributed by atoms with Crippen LogP contribution in [0, 0.1) is 17.1 Å². The zero-order valence-electron chi connectivity index (χ0n) is 19.8. The van der Waals surface area contributed by atoms with Crippen LogP contribution in [0.3, 0.4) is 0 Å². The summed E-state index contributed by atoms with van der Waals surface area (Å²) in [4.78, 5) is 21.7. The summed E-state index contributed by atoms with van der Waals surface area (Å²) >= 11 is 0. The Labute approximate surface area is 202 Å². The van der Waals surface area contributed by atoms with Crippen LogP contribution in [0.5, 0.6) is 11.6 Å². The lowest BCUT2D eigenvalue weighted by Gasteiger charge is -2.36. The monoisotopic (exact) mass is 479 g/mol. The van der Waals surface area contributed by atoms with Gasteiger partial charge in [0.2, 0.25) is 5.88 Å². The quantitative estimate of drug-likeness (QED) is 0.551. The fourth-order valence-electron chi connectivity index (χ4n) is 4.03. The van der Waals surface area contributed by atoms with Crippen molar-refractivity contribution in [3.05, 3.63) is 59.2 Å². The van der Waals surface area contributed by atoms with Gasteiger partial charge >= 0.3 is 0 Å². The molecule has 4 rings (SSSR count). The molecule has 0 aliphatic carbocycles. The lowest BCUT2D eigenvalue weighted by molar-refractivity contribution is 0.102. The predicted molar refractivity (Wildman–Crippen MR) is 127 cm³/mol. The predicted octanol–water partition coefficient (Wildman–Crippen LogP) is 2.42. The fraction of sp³-hybridized carbons (Fsp3) is 0.333. The number of rotatable bonds is 7. The highest BCUT2D eigenvalue weighted by Gasteiger charge is 2.24. The molecule has 35 heavy (non-hydrogen) atoms. The molecule has 0 radical (unpaired) electrons. The van der Waals surface area contributed by atoms with Crippen molar-refractivity contribution in [2.24, 2.45) is 7.05 Å². The Morgan fingerprint density at radius 2 is 1.97 bits per heavy atom. The molecule has 1 fully saturated rings. The first kappa shape index (κ1) is 24.0. The van der Waals surface area contributed by atoms with E-state index in [1.807, 2.05) is 0 Å². The molecule has 0 saturated carbocycles. The standard InChI is InChI=1S/C24H26FN7O3/c1-30-15-19(24(29-30)35-3)23(33)28-20-10-16(12-26)13-27-22(20)32-8-6-31(7-9-32)14-17-4-5-18(25)11-21(17)34-2/h4-5,10-11,13,15H,6-9,14H2,1-3H3,(H,28,33). The third-order valence-corrected chi connectivity index (χ3v) is 5.79. The van der Waals surface area contributed by atoms with E-state index < -0.39 is 5.91 Å². The number of aromatic nitrogens is 3. The summed E-state index contributed by atoms with van der Waals surface area (Å²) in [6, 6.07) is 8.23. The van der Waals surface area contributed by atoms with Crippen LogP contribution >= 0.6 is 0 Å². The highest BCUT2D eigenvalue weighted by Crippen LogP contribution is 2.28. The highest BCUT2D eigenvalue weighted by molar-refractivity contribution is 6.07. The minimum Gasteiger partial charge on any atom is -0.496 e. The van der Waals surface area contributed by atoms with E-state index in [4.69, 9.17) is 9.47 Å².